The Morgan fingerprint density at radius 3 is 2.80 bits per heavy atom. The lowest BCUT2D eigenvalue weighted by Gasteiger charge is -1.89. The second-order valence-electron chi connectivity index (χ2n) is 1.63. The van der Waals surface area contributed by atoms with Crippen LogP contribution in [-0.2, 0) is 0 Å². The lowest BCUT2D eigenvalue weighted by atomic mass is 10.4. The fourth-order valence-electron chi connectivity index (χ4n) is 0.512. The Bertz CT molecular complexity index is 264. The molecule has 52 valence electrons. The van der Waals surface area contributed by atoms with Crippen LogP contribution in [0.5, 0.6) is 0 Å². The van der Waals surface area contributed by atoms with Gasteiger partial charge in [0.05, 0.1) is 0 Å². The summed E-state index contributed by atoms with van der Waals surface area (Å²) in [5.41, 5.74) is -0.0679. The van der Waals surface area contributed by atoms with Gasteiger partial charge in [-0.3, -0.25) is 9.78 Å². The molecule has 0 aliphatic rings. The Kier molecular flexibility index (Phi) is 1.97. The number of rotatable bonds is 1. The van der Waals surface area contributed by atoms with Crippen molar-refractivity contribution >= 4 is 16.8 Å². The van der Waals surface area contributed by atoms with E-state index < -0.39 is 11.1 Å². The molecule has 0 aliphatic heterocycles. The highest BCUT2D eigenvalue weighted by Crippen LogP contribution is 2.01. The molecule has 1 aromatic rings. The molecule has 2 nitrogen and oxygen atoms in total. The molecule has 4 heteroatoms. The summed E-state index contributed by atoms with van der Waals surface area (Å²) in [7, 11) is 0. The molecule has 0 saturated heterocycles. The van der Waals surface area contributed by atoms with E-state index in [4.69, 9.17) is 11.6 Å². The SMILES string of the molecule is O=C(Cl)c1cc(F)ccn1. The zero-order valence-corrected chi connectivity index (χ0v) is 5.60. The van der Waals surface area contributed by atoms with E-state index in [0.717, 1.165) is 12.1 Å². The quantitative estimate of drug-likeness (QED) is 0.583. The van der Waals surface area contributed by atoms with Gasteiger partial charge in [-0.1, -0.05) is 0 Å². The van der Waals surface area contributed by atoms with Crippen LogP contribution in [0.2, 0.25) is 0 Å². The first-order valence-corrected chi connectivity index (χ1v) is 2.89. The molecule has 10 heavy (non-hydrogen) atoms. The van der Waals surface area contributed by atoms with Gasteiger partial charge in [0.1, 0.15) is 11.5 Å². The molecule has 0 unspecified atom stereocenters. The molecule has 0 radical (unpaired) electrons. The van der Waals surface area contributed by atoms with Crippen molar-refractivity contribution in [2.24, 2.45) is 0 Å². The summed E-state index contributed by atoms with van der Waals surface area (Å²) < 4.78 is 12.3. The van der Waals surface area contributed by atoms with Crippen molar-refractivity contribution in [3.63, 3.8) is 0 Å². The number of hydrogen-bond donors (Lipinski definition) is 0. The average Bonchev–Trinajstić information content (AvgIpc) is 1.88. The van der Waals surface area contributed by atoms with E-state index in [9.17, 15) is 9.18 Å². The molecule has 0 atom stereocenters. The molecular formula is C6H3ClFNO. The lowest BCUT2D eigenvalue weighted by molar-refractivity contribution is 0.107. The number of pyridine rings is 1. The zero-order valence-electron chi connectivity index (χ0n) is 4.84. The number of carbonyl (C=O) groups is 1. The number of hydrogen-bond acceptors (Lipinski definition) is 2. The second kappa shape index (κ2) is 2.75. The Hall–Kier alpha value is -0.960. The van der Waals surface area contributed by atoms with E-state index in [1.54, 1.807) is 0 Å². The highest BCUT2D eigenvalue weighted by Gasteiger charge is 2.02. The van der Waals surface area contributed by atoms with Crippen LogP contribution >= 0.6 is 11.6 Å². The van der Waals surface area contributed by atoms with E-state index in [-0.39, 0.29) is 5.69 Å². The van der Waals surface area contributed by atoms with E-state index in [1.165, 1.54) is 6.20 Å². The highest BCUT2D eigenvalue weighted by molar-refractivity contribution is 6.67. The first kappa shape index (κ1) is 7.15. The maximum Gasteiger partial charge on any atom is 0.270 e. The van der Waals surface area contributed by atoms with Gasteiger partial charge in [0.2, 0.25) is 0 Å². The van der Waals surface area contributed by atoms with Gasteiger partial charge in [0.15, 0.2) is 0 Å². The molecule has 1 rings (SSSR count). The number of carbonyl (C=O) groups excluding carboxylic acids is 1. The third-order valence-corrected chi connectivity index (χ3v) is 1.12. The molecule has 0 aromatic carbocycles. The normalized spacial score (nSPS) is 9.40. The molecule has 0 spiro atoms. The summed E-state index contributed by atoms with van der Waals surface area (Å²) in [5.74, 6) is -0.515. The van der Waals surface area contributed by atoms with Crippen molar-refractivity contribution in [3.05, 3.63) is 29.8 Å². The summed E-state index contributed by atoms with van der Waals surface area (Å²) in [6.45, 7) is 0. The third kappa shape index (κ3) is 1.51. The van der Waals surface area contributed by atoms with Crippen LogP contribution in [0.15, 0.2) is 18.3 Å². The fourth-order valence-corrected chi connectivity index (χ4v) is 0.616. The van der Waals surface area contributed by atoms with Crippen LogP contribution < -0.4 is 0 Å². The van der Waals surface area contributed by atoms with Gasteiger partial charge in [0.25, 0.3) is 5.24 Å². The van der Waals surface area contributed by atoms with Crippen LogP contribution in [0.3, 0.4) is 0 Å². The minimum atomic E-state index is -0.750. The lowest BCUT2D eigenvalue weighted by Crippen LogP contribution is -1.93. The van der Waals surface area contributed by atoms with Crippen molar-refractivity contribution in [1.82, 2.24) is 4.98 Å². The summed E-state index contributed by atoms with van der Waals surface area (Å²) >= 11 is 5.01. The molecular weight excluding hydrogens is 157 g/mol. The topological polar surface area (TPSA) is 30.0 Å². The summed E-state index contributed by atoms with van der Waals surface area (Å²) in [4.78, 5) is 13.9. The third-order valence-electron chi connectivity index (χ3n) is 0.923. The van der Waals surface area contributed by atoms with Crippen LogP contribution in [0.4, 0.5) is 4.39 Å². The standard InChI is InChI=1S/C6H3ClFNO/c7-6(10)5-3-4(8)1-2-9-5/h1-3H. The minimum absolute atomic E-state index is 0.0679. The molecule has 1 heterocycles. The summed E-state index contributed by atoms with van der Waals surface area (Å²) in [6, 6.07) is 2.12. The van der Waals surface area contributed by atoms with Crippen molar-refractivity contribution in [3.8, 4) is 0 Å². The van der Waals surface area contributed by atoms with Crippen molar-refractivity contribution in [2.45, 2.75) is 0 Å². The summed E-state index contributed by atoms with van der Waals surface area (Å²) in [6.07, 6.45) is 1.19. The average molecular weight is 160 g/mol. The maximum absolute atomic E-state index is 12.3. The van der Waals surface area contributed by atoms with Crippen molar-refractivity contribution in [1.29, 1.82) is 0 Å². The highest BCUT2D eigenvalue weighted by atomic mass is 35.5. The van der Waals surface area contributed by atoms with E-state index in [2.05, 4.69) is 4.98 Å². The minimum Gasteiger partial charge on any atom is -0.274 e. The Labute approximate surface area is 61.6 Å². The van der Waals surface area contributed by atoms with Gasteiger partial charge in [0, 0.05) is 12.3 Å². The molecule has 0 bridgehead atoms. The molecule has 0 N–H and O–H groups in total. The van der Waals surface area contributed by atoms with Gasteiger partial charge in [-0.2, -0.15) is 0 Å². The smallest absolute Gasteiger partial charge is 0.270 e. The Morgan fingerprint density at radius 1 is 1.70 bits per heavy atom. The fraction of sp³-hybridized carbons (Fsp3) is 0. The van der Waals surface area contributed by atoms with E-state index >= 15 is 0 Å². The predicted octanol–water partition coefficient (Wildman–Crippen LogP) is 1.60. The van der Waals surface area contributed by atoms with E-state index in [1.807, 2.05) is 0 Å². The van der Waals surface area contributed by atoms with Gasteiger partial charge in [-0.25, -0.2) is 4.39 Å². The molecule has 0 aliphatic carbocycles. The first-order chi connectivity index (χ1) is 4.70. The van der Waals surface area contributed by atoms with Crippen LogP contribution in [-0.4, -0.2) is 10.2 Å². The summed E-state index contributed by atoms with van der Waals surface area (Å²) in [5, 5.41) is -0.750. The number of nitrogens with zero attached hydrogens (tertiary/aromatic N) is 1. The molecule has 0 fully saturated rings. The van der Waals surface area contributed by atoms with Gasteiger partial charge >= 0.3 is 0 Å². The predicted molar refractivity (Wildman–Crippen MR) is 34.4 cm³/mol. The van der Waals surface area contributed by atoms with Crippen LogP contribution in [0.1, 0.15) is 10.5 Å². The van der Waals surface area contributed by atoms with Crippen LogP contribution in [0, 0.1) is 5.82 Å². The molecule has 1 aromatic heterocycles. The van der Waals surface area contributed by atoms with Crippen molar-refractivity contribution in [2.75, 3.05) is 0 Å². The van der Waals surface area contributed by atoms with E-state index in [0.29, 0.717) is 0 Å². The monoisotopic (exact) mass is 159 g/mol. The number of aromatic nitrogens is 1. The van der Waals surface area contributed by atoms with Gasteiger partial charge in [-0.05, 0) is 17.7 Å². The maximum atomic E-state index is 12.3. The Morgan fingerprint density at radius 2 is 2.40 bits per heavy atom. The Balaban J connectivity index is 3.07. The van der Waals surface area contributed by atoms with Gasteiger partial charge in [-0.15, -0.1) is 0 Å². The largest absolute Gasteiger partial charge is 0.274 e. The number of halogens is 2. The first-order valence-electron chi connectivity index (χ1n) is 2.51. The molecule has 0 saturated carbocycles. The second-order valence-corrected chi connectivity index (χ2v) is 1.98. The van der Waals surface area contributed by atoms with Crippen molar-refractivity contribution < 1.29 is 9.18 Å². The zero-order chi connectivity index (χ0) is 7.56. The van der Waals surface area contributed by atoms with Crippen LogP contribution in [0.25, 0.3) is 0 Å². The molecule has 0 amide bonds. The van der Waals surface area contributed by atoms with Gasteiger partial charge < -0.3 is 0 Å².